The number of nitrogens with one attached hydrogen (secondary N) is 1. The van der Waals surface area contributed by atoms with Crippen molar-refractivity contribution in [2.24, 2.45) is 0 Å². The van der Waals surface area contributed by atoms with E-state index in [1.807, 2.05) is 0 Å². The molecule has 0 saturated carbocycles. The third-order valence-corrected chi connectivity index (χ3v) is 3.32. The molecule has 128 valence electrons. The number of halogens is 3. The average Bonchev–Trinajstić information content (AvgIpc) is 3.06. The van der Waals surface area contributed by atoms with E-state index in [0.717, 1.165) is 18.4 Å². The molecule has 1 heterocycles. The molecule has 2 N–H and O–H groups in total. The molecule has 1 amide bonds. The molecule has 3 rings (SSSR count). The Morgan fingerprint density at radius 3 is 2.28 bits per heavy atom. The number of benzene rings is 2. The molecule has 0 unspecified atom stereocenters. The van der Waals surface area contributed by atoms with Gasteiger partial charge in [-0.05, 0) is 48.5 Å². The first-order chi connectivity index (χ1) is 11.8. The van der Waals surface area contributed by atoms with Crippen LogP contribution in [0.1, 0.15) is 16.1 Å². The van der Waals surface area contributed by atoms with Crippen LogP contribution in [0.2, 0.25) is 0 Å². The van der Waals surface area contributed by atoms with Crippen molar-refractivity contribution in [1.29, 1.82) is 0 Å². The van der Waals surface area contributed by atoms with E-state index in [-0.39, 0.29) is 17.3 Å². The van der Waals surface area contributed by atoms with E-state index in [2.05, 4.69) is 10.3 Å². The van der Waals surface area contributed by atoms with E-state index in [0.29, 0.717) is 11.3 Å². The van der Waals surface area contributed by atoms with Gasteiger partial charge in [0.25, 0.3) is 5.91 Å². The molecular weight excluding hydrogens is 337 g/mol. The molecule has 0 atom stereocenters. The number of alkyl halides is 3. The van der Waals surface area contributed by atoms with Crippen LogP contribution >= 0.6 is 0 Å². The standard InChI is InChI=1S/C17H11F3N2O3/c18-17(19,20)11-3-1-10(2-4-11)16-22-14(9-25-16)15(24)21-12-5-7-13(23)8-6-12/h1-9,23H,(H,21,24). The summed E-state index contributed by atoms with van der Waals surface area (Å²) < 4.78 is 42.8. The van der Waals surface area contributed by atoms with E-state index >= 15 is 0 Å². The molecule has 5 nitrogen and oxygen atoms in total. The molecule has 0 aliphatic carbocycles. The van der Waals surface area contributed by atoms with Gasteiger partial charge in [0, 0.05) is 11.3 Å². The lowest BCUT2D eigenvalue weighted by molar-refractivity contribution is -0.137. The molecule has 0 aliphatic heterocycles. The predicted octanol–water partition coefficient (Wildman–Crippen LogP) is 4.32. The Balaban J connectivity index is 1.75. The number of oxazole rings is 1. The summed E-state index contributed by atoms with van der Waals surface area (Å²) in [6.07, 6.45) is -3.31. The molecule has 0 saturated heterocycles. The van der Waals surface area contributed by atoms with Crippen molar-refractivity contribution in [3.05, 3.63) is 66.1 Å². The Bertz CT molecular complexity index is 885. The molecule has 0 spiro atoms. The van der Waals surface area contributed by atoms with Gasteiger partial charge < -0.3 is 14.8 Å². The lowest BCUT2D eigenvalue weighted by Gasteiger charge is -2.06. The number of aromatic hydroxyl groups is 1. The smallest absolute Gasteiger partial charge is 0.416 e. The first kappa shape index (κ1) is 16.6. The number of hydrogen-bond acceptors (Lipinski definition) is 4. The second kappa shape index (κ2) is 6.31. The maximum absolute atomic E-state index is 12.6. The zero-order chi connectivity index (χ0) is 18.0. The normalized spacial score (nSPS) is 11.3. The lowest BCUT2D eigenvalue weighted by atomic mass is 10.1. The molecule has 2 aromatic carbocycles. The van der Waals surface area contributed by atoms with Gasteiger partial charge >= 0.3 is 6.18 Å². The van der Waals surface area contributed by atoms with Crippen LogP contribution in [0.5, 0.6) is 5.75 Å². The first-order valence-corrected chi connectivity index (χ1v) is 7.06. The third kappa shape index (κ3) is 3.79. The summed E-state index contributed by atoms with van der Waals surface area (Å²) in [7, 11) is 0. The minimum atomic E-state index is -4.43. The fraction of sp³-hybridized carbons (Fsp3) is 0.0588. The lowest BCUT2D eigenvalue weighted by Crippen LogP contribution is -2.12. The second-order valence-electron chi connectivity index (χ2n) is 5.11. The highest BCUT2D eigenvalue weighted by Crippen LogP contribution is 2.30. The van der Waals surface area contributed by atoms with Crippen LogP contribution in [0.3, 0.4) is 0 Å². The van der Waals surface area contributed by atoms with Crippen molar-refractivity contribution in [2.75, 3.05) is 5.32 Å². The molecule has 0 aliphatic rings. The number of carbonyl (C=O) groups is 1. The van der Waals surface area contributed by atoms with Crippen LogP contribution in [0.15, 0.2) is 59.2 Å². The largest absolute Gasteiger partial charge is 0.508 e. The van der Waals surface area contributed by atoms with Gasteiger partial charge in [-0.3, -0.25) is 4.79 Å². The number of anilines is 1. The minimum Gasteiger partial charge on any atom is -0.508 e. The van der Waals surface area contributed by atoms with Gasteiger partial charge in [-0.2, -0.15) is 13.2 Å². The highest BCUT2D eigenvalue weighted by molar-refractivity contribution is 6.02. The zero-order valence-corrected chi connectivity index (χ0v) is 12.5. The van der Waals surface area contributed by atoms with Crippen molar-refractivity contribution >= 4 is 11.6 Å². The average molecular weight is 348 g/mol. The third-order valence-electron chi connectivity index (χ3n) is 3.32. The summed E-state index contributed by atoms with van der Waals surface area (Å²) in [5, 5.41) is 11.8. The van der Waals surface area contributed by atoms with Gasteiger partial charge in [0.1, 0.15) is 12.0 Å². The van der Waals surface area contributed by atoms with Gasteiger partial charge in [-0.15, -0.1) is 0 Å². The van der Waals surface area contributed by atoms with Crippen molar-refractivity contribution in [2.45, 2.75) is 6.18 Å². The molecule has 1 aromatic heterocycles. The molecular formula is C17H11F3N2O3. The van der Waals surface area contributed by atoms with Crippen LogP contribution in [0.25, 0.3) is 11.5 Å². The maximum atomic E-state index is 12.6. The van der Waals surface area contributed by atoms with E-state index in [1.54, 1.807) is 0 Å². The maximum Gasteiger partial charge on any atom is 0.416 e. The molecule has 25 heavy (non-hydrogen) atoms. The highest BCUT2D eigenvalue weighted by Gasteiger charge is 2.30. The van der Waals surface area contributed by atoms with Crippen LogP contribution in [-0.4, -0.2) is 16.0 Å². The Morgan fingerprint density at radius 1 is 1.04 bits per heavy atom. The summed E-state index contributed by atoms with van der Waals surface area (Å²) >= 11 is 0. The number of phenolic OH excluding ortho intramolecular Hbond substituents is 1. The van der Waals surface area contributed by atoms with E-state index in [1.165, 1.54) is 36.4 Å². The number of rotatable bonds is 3. The molecule has 8 heteroatoms. The van der Waals surface area contributed by atoms with Gasteiger partial charge in [0.2, 0.25) is 5.89 Å². The summed E-state index contributed by atoms with van der Waals surface area (Å²) in [6.45, 7) is 0. The highest BCUT2D eigenvalue weighted by atomic mass is 19.4. The fourth-order valence-corrected chi connectivity index (χ4v) is 2.05. The Morgan fingerprint density at radius 2 is 1.68 bits per heavy atom. The Kier molecular flexibility index (Phi) is 4.18. The number of carbonyl (C=O) groups excluding carboxylic acids is 1. The van der Waals surface area contributed by atoms with Crippen LogP contribution in [0, 0.1) is 0 Å². The summed E-state index contributed by atoms with van der Waals surface area (Å²) in [5.41, 5.74) is -0.0466. The van der Waals surface area contributed by atoms with Crippen molar-refractivity contribution in [1.82, 2.24) is 4.98 Å². The van der Waals surface area contributed by atoms with Crippen molar-refractivity contribution in [3.63, 3.8) is 0 Å². The van der Waals surface area contributed by atoms with E-state index in [4.69, 9.17) is 4.42 Å². The topological polar surface area (TPSA) is 75.4 Å². The van der Waals surface area contributed by atoms with Crippen molar-refractivity contribution in [3.8, 4) is 17.2 Å². The zero-order valence-electron chi connectivity index (χ0n) is 12.5. The SMILES string of the molecule is O=C(Nc1ccc(O)cc1)c1coc(-c2ccc(C(F)(F)F)cc2)n1. The van der Waals surface area contributed by atoms with Gasteiger partial charge in [0.05, 0.1) is 5.56 Å². The Labute approximate surface area is 139 Å². The van der Waals surface area contributed by atoms with Crippen molar-refractivity contribution < 1.29 is 27.5 Å². The predicted molar refractivity (Wildman–Crippen MR) is 83.0 cm³/mol. The van der Waals surface area contributed by atoms with Gasteiger partial charge in [-0.25, -0.2) is 4.98 Å². The van der Waals surface area contributed by atoms with Gasteiger partial charge in [-0.1, -0.05) is 0 Å². The van der Waals surface area contributed by atoms with Crippen LogP contribution in [0.4, 0.5) is 18.9 Å². The van der Waals surface area contributed by atoms with Gasteiger partial charge in [0.15, 0.2) is 5.69 Å². The first-order valence-electron chi connectivity index (χ1n) is 7.06. The quantitative estimate of drug-likeness (QED) is 0.691. The Hall–Kier alpha value is -3.29. The number of amides is 1. The number of hydrogen-bond donors (Lipinski definition) is 2. The number of aromatic nitrogens is 1. The molecule has 3 aromatic rings. The monoisotopic (exact) mass is 348 g/mol. The summed E-state index contributed by atoms with van der Waals surface area (Å²) in [4.78, 5) is 16.1. The van der Waals surface area contributed by atoms with Crippen LogP contribution < -0.4 is 5.32 Å². The minimum absolute atomic E-state index is 0.0250. The molecule has 0 fully saturated rings. The van der Waals surface area contributed by atoms with E-state index < -0.39 is 17.6 Å². The summed E-state index contributed by atoms with van der Waals surface area (Å²) in [5.74, 6) is -0.457. The number of nitrogens with zero attached hydrogens (tertiary/aromatic N) is 1. The number of phenols is 1. The fourth-order valence-electron chi connectivity index (χ4n) is 2.05. The second-order valence-corrected chi connectivity index (χ2v) is 5.11. The summed E-state index contributed by atoms with van der Waals surface area (Å²) in [6, 6.07) is 10.1. The molecule has 0 radical (unpaired) electrons. The van der Waals surface area contributed by atoms with E-state index in [9.17, 15) is 23.1 Å². The van der Waals surface area contributed by atoms with Crippen LogP contribution in [-0.2, 0) is 6.18 Å². The molecule has 0 bridgehead atoms.